The van der Waals surface area contributed by atoms with Crippen molar-refractivity contribution in [1.82, 2.24) is 0 Å². The first-order chi connectivity index (χ1) is 5.81. The Morgan fingerprint density at radius 2 is 2.17 bits per heavy atom. The van der Waals surface area contributed by atoms with E-state index >= 15 is 0 Å². The maximum absolute atomic E-state index is 11.5. The Bertz CT molecular complexity index is 136. The van der Waals surface area contributed by atoms with E-state index in [1.807, 2.05) is 0 Å². The Hall–Kier alpha value is -0.900. The van der Waals surface area contributed by atoms with Gasteiger partial charge in [-0.15, -0.1) is 0 Å². The van der Waals surface area contributed by atoms with Crippen LogP contribution in [0.5, 0.6) is 0 Å². The minimum absolute atomic E-state index is 0.192. The topological polar surface area (TPSA) is 35.5 Å². The largest absolute Gasteiger partial charge is 0.460 e. The Morgan fingerprint density at radius 1 is 1.42 bits per heavy atom. The Kier molecular flexibility index (Phi) is 7.58. The SMILES string of the molecule is C=CC(=O)OCCOCCCF. The molecule has 0 radical (unpaired) electrons. The highest BCUT2D eigenvalue weighted by molar-refractivity contribution is 5.81. The summed E-state index contributed by atoms with van der Waals surface area (Å²) in [6, 6.07) is 0. The molecule has 0 atom stereocenters. The maximum atomic E-state index is 11.5. The molecule has 0 saturated carbocycles. The zero-order chi connectivity index (χ0) is 9.23. The summed E-state index contributed by atoms with van der Waals surface area (Å²) in [5.74, 6) is -0.468. The molecule has 12 heavy (non-hydrogen) atoms. The third-order valence-electron chi connectivity index (χ3n) is 1.06. The van der Waals surface area contributed by atoms with E-state index in [2.05, 4.69) is 11.3 Å². The van der Waals surface area contributed by atoms with Gasteiger partial charge in [-0.1, -0.05) is 6.58 Å². The molecule has 0 aromatic carbocycles. The van der Waals surface area contributed by atoms with Crippen molar-refractivity contribution < 1.29 is 18.7 Å². The quantitative estimate of drug-likeness (QED) is 0.331. The second-order valence-electron chi connectivity index (χ2n) is 2.03. The summed E-state index contributed by atoms with van der Waals surface area (Å²) in [6.45, 7) is 3.70. The number of alkyl halides is 1. The summed E-state index contributed by atoms with van der Waals surface area (Å²) in [5.41, 5.74) is 0. The van der Waals surface area contributed by atoms with Gasteiger partial charge in [0.15, 0.2) is 0 Å². The third-order valence-corrected chi connectivity index (χ3v) is 1.06. The van der Waals surface area contributed by atoms with Crippen LogP contribution < -0.4 is 0 Å². The number of rotatable bonds is 7. The molecule has 0 aromatic rings. The van der Waals surface area contributed by atoms with E-state index in [9.17, 15) is 9.18 Å². The van der Waals surface area contributed by atoms with Crippen LogP contribution in [0.2, 0.25) is 0 Å². The van der Waals surface area contributed by atoms with Crippen molar-refractivity contribution >= 4 is 5.97 Å². The van der Waals surface area contributed by atoms with Crippen LogP contribution in [0, 0.1) is 0 Å². The average Bonchev–Trinajstić information content (AvgIpc) is 2.10. The highest BCUT2D eigenvalue weighted by Crippen LogP contribution is 1.85. The van der Waals surface area contributed by atoms with Crippen LogP contribution in [0.4, 0.5) is 4.39 Å². The number of ether oxygens (including phenoxy) is 2. The fourth-order valence-corrected chi connectivity index (χ4v) is 0.519. The fraction of sp³-hybridized carbons (Fsp3) is 0.625. The Morgan fingerprint density at radius 3 is 2.75 bits per heavy atom. The predicted octanol–water partition coefficient (Wildman–Crippen LogP) is 1.09. The van der Waals surface area contributed by atoms with Crippen LogP contribution in [0.1, 0.15) is 6.42 Å². The van der Waals surface area contributed by atoms with Crippen molar-refractivity contribution in [2.45, 2.75) is 6.42 Å². The monoisotopic (exact) mass is 176 g/mol. The zero-order valence-corrected chi connectivity index (χ0v) is 6.92. The lowest BCUT2D eigenvalue weighted by atomic mass is 10.5. The summed E-state index contributed by atoms with van der Waals surface area (Å²) in [6.07, 6.45) is 1.47. The average molecular weight is 176 g/mol. The van der Waals surface area contributed by atoms with Crippen LogP contribution >= 0.6 is 0 Å². The molecule has 70 valence electrons. The third kappa shape index (κ3) is 7.21. The van der Waals surface area contributed by atoms with Crippen molar-refractivity contribution in [2.24, 2.45) is 0 Å². The van der Waals surface area contributed by atoms with Crippen LogP contribution in [-0.4, -0.2) is 32.5 Å². The van der Waals surface area contributed by atoms with Crippen molar-refractivity contribution in [2.75, 3.05) is 26.5 Å². The Balaban J connectivity index is 3.00. The number of halogens is 1. The molecule has 0 fully saturated rings. The van der Waals surface area contributed by atoms with Crippen molar-refractivity contribution in [1.29, 1.82) is 0 Å². The number of carbonyl (C=O) groups is 1. The lowest BCUT2D eigenvalue weighted by Gasteiger charge is -2.02. The molecule has 0 aliphatic heterocycles. The molecular formula is C8H13FO3. The normalized spacial score (nSPS) is 9.42. The second kappa shape index (κ2) is 8.20. The molecule has 0 aliphatic carbocycles. The zero-order valence-electron chi connectivity index (χ0n) is 6.92. The maximum Gasteiger partial charge on any atom is 0.330 e. The van der Waals surface area contributed by atoms with Gasteiger partial charge in [-0.25, -0.2) is 4.79 Å². The number of hydrogen-bond acceptors (Lipinski definition) is 3. The van der Waals surface area contributed by atoms with Gasteiger partial charge in [0.25, 0.3) is 0 Å². The van der Waals surface area contributed by atoms with Crippen LogP contribution in [0.15, 0.2) is 12.7 Å². The van der Waals surface area contributed by atoms with Crippen LogP contribution in [0.3, 0.4) is 0 Å². The summed E-state index contributed by atoms with van der Waals surface area (Å²) < 4.78 is 21.0. The first-order valence-corrected chi connectivity index (χ1v) is 3.74. The lowest BCUT2D eigenvalue weighted by molar-refractivity contribution is -0.139. The molecule has 4 heteroatoms. The highest BCUT2D eigenvalue weighted by atomic mass is 19.1. The summed E-state index contributed by atoms with van der Waals surface area (Å²) in [5, 5.41) is 0. The molecule has 0 unspecified atom stereocenters. The van der Waals surface area contributed by atoms with E-state index in [4.69, 9.17) is 4.74 Å². The molecule has 3 nitrogen and oxygen atoms in total. The first kappa shape index (κ1) is 11.1. The van der Waals surface area contributed by atoms with E-state index in [-0.39, 0.29) is 13.3 Å². The fourth-order valence-electron chi connectivity index (χ4n) is 0.519. The molecule has 0 bridgehead atoms. The highest BCUT2D eigenvalue weighted by Gasteiger charge is 1.94. The van der Waals surface area contributed by atoms with Gasteiger partial charge < -0.3 is 9.47 Å². The minimum atomic E-state index is -0.468. The van der Waals surface area contributed by atoms with E-state index in [0.717, 1.165) is 6.08 Å². The standard InChI is InChI=1S/C8H13FO3/c1-2-8(10)12-7-6-11-5-3-4-9/h2H,1,3-7H2. The molecule has 0 aliphatic rings. The van der Waals surface area contributed by atoms with Crippen molar-refractivity contribution in [3.63, 3.8) is 0 Å². The van der Waals surface area contributed by atoms with Gasteiger partial charge in [0.05, 0.1) is 13.3 Å². The van der Waals surface area contributed by atoms with Gasteiger partial charge in [0, 0.05) is 12.7 Å². The van der Waals surface area contributed by atoms with Crippen LogP contribution in [0.25, 0.3) is 0 Å². The number of hydrogen-bond donors (Lipinski definition) is 0. The first-order valence-electron chi connectivity index (χ1n) is 3.74. The second-order valence-corrected chi connectivity index (χ2v) is 2.03. The van der Waals surface area contributed by atoms with Crippen molar-refractivity contribution in [3.8, 4) is 0 Å². The summed E-state index contributed by atoms with van der Waals surface area (Å²) in [7, 11) is 0. The minimum Gasteiger partial charge on any atom is -0.460 e. The van der Waals surface area contributed by atoms with Gasteiger partial charge in [-0.3, -0.25) is 4.39 Å². The summed E-state index contributed by atoms with van der Waals surface area (Å²) in [4.78, 5) is 10.4. The molecule has 0 heterocycles. The van der Waals surface area contributed by atoms with E-state index < -0.39 is 5.97 Å². The molecule has 0 aromatic heterocycles. The van der Waals surface area contributed by atoms with Gasteiger partial charge in [-0.05, 0) is 6.42 Å². The Labute approximate surface area is 71.2 Å². The van der Waals surface area contributed by atoms with E-state index in [0.29, 0.717) is 19.6 Å². The van der Waals surface area contributed by atoms with Gasteiger partial charge in [0.2, 0.25) is 0 Å². The van der Waals surface area contributed by atoms with Crippen molar-refractivity contribution in [3.05, 3.63) is 12.7 Å². The molecular weight excluding hydrogens is 163 g/mol. The van der Waals surface area contributed by atoms with Gasteiger partial charge in [-0.2, -0.15) is 0 Å². The predicted molar refractivity (Wildman–Crippen MR) is 42.6 cm³/mol. The van der Waals surface area contributed by atoms with E-state index in [1.54, 1.807) is 0 Å². The van der Waals surface area contributed by atoms with Gasteiger partial charge >= 0.3 is 5.97 Å². The molecule has 0 rings (SSSR count). The molecule has 0 amide bonds. The molecule has 0 spiro atoms. The smallest absolute Gasteiger partial charge is 0.330 e. The molecule has 0 N–H and O–H groups in total. The van der Waals surface area contributed by atoms with Crippen LogP contribution in [-0.2, 0) is 14.3 Å². The molecule has 0 saturated heterocycles. The number of esters is 1. The van der Waals surface area contributed by atoms with E-state index in [1.165, 1.54) is 0 Å². The summed E-state index contributed by atoms with van der Waals surface area (Å²) >= 11 is 0. The van der Waals surface area contributed by atoms with Gasteiger partial charge in [0.1, 0.15) is 6.61 Å². The lowest BCUT2D eigenvalue weighted by Crippen LogP contribution is -2.08. The number of carbonyl (C=O) groups excluding carboxylic acids is 1.